The molecule has 1 saturated carbocycles. The first kappa shape index (κ1) is 13.6. The van der Waals surface area contributed by atoms with E-state index in [1.54, 1.807) is 4.90 Å². The van der Waals surface area contributed by atoms with E-state index in [1.807, 2.05) is 6.92 Å². The Hall–Kier alpha value is -0.420. The summed E-state index contributed by atoms with van der Waals surface area (Å²) in [7, 11) is 0. The fourth-order valence-corrected chi connectivity index (χ4v) is 2.24. The summed E-state index contributed by atoms with van der Waals surface area (Å²) in [5.74, 6) is -3.13. The summed E-state index contributed by atoms with van der Waals surface area (Å²) >= 11 is 0. The van der Waals surface area contributed by atoms with Gasteiger partial charge in [0.1, 0.15) is 0 Å². The van der Waals surface area contributed by atoms with Crippen molar-refractivity contribution in [2.24, 2.45) is 5.92 Å². The van der Waals surface area contributed by atoms with E-state index in [0.717, 1.165) is 13.1 Å². The fourth-order valence-electron chi connectivity index (χ4n) is 2.24. The second kappa shape index (κ2) is 4.84. The lowest BCUT2D eigenvalue weighted by Gasteiger charge is -2.41. The number of hydrogen-bond acceptors (Lipinski definition) is 2. The Kier molecular flexibility index (Phi) is 4.12. The molecule has 0 spiro atoms. The van der Waals surface area contributed by atoms with Crippen molar-refractivity contribution in [3.63, 3.8) is 0 Å². The van der Waals surface area contributed by atoms with Gasteiger partial charge in [-0.1, -0.05) is 0 Å². The predicted molar refractivity (Wildman–Crippen MR) is 59.0 cm³/mol. The molecule has 2 aliphatic rings. The maximum atomic E-state index is 12.6. The standard InChI is InChI=1S/C10H16F2N2O.ClH/c1-7-6-13-2-3-14(7)9(15)8-4-10(11,12)5-8;/h7-8,13H,2-6H2,1H3;1H. The van der Waals surface area contributed by atoms with Gasteiger partial charge in [-0.15, -0.1) is 12.4 Å². The molecule has 1 saturated heterocycles. The average molecular weight is 255 g/mol. The second-order valence-electron chi connectivity index (χ2n) is 4.55. The number of piperazine rings is 1. The first-order valence-corrected chi connectivity index (χ1v) is 5.39. The van der Waals surface area contributed by atoms with Gasteiger partial charge in [0.15, 0.2) is 0 Å². The molecule has 1 unspecified atom stereocenters. The zero-order chi connectivity index (χ0) is 11.1. The molecule has 1 heterocycles. The third-order valence-electron chi connectivity index (χ3n) is 3.22. The number of nitrogens with zero attached hydrogens (tertiary/aromatic N) is 1. The molecule has 0 radical (unpaired) electrons. The second-order valence-corrected chi connectivity index (χ2v) is 4.55. The molecule has 0 aromatic carbocycles. The highest BCUT2D eigenvalue weighted by atomic mass is 35.5. The van der Waals surface area contributed by atoms with E-state index in [-0.39, 0.29) is 37.2 Å². The summed E-state index contributed by atoms with van der Waals surface area (Å²) in [6.45, 7) is 4.11. The van der Waals surface area contributed by atoms with E-state index in [4.69, 9.17) is 0 Å². The fraction of sp³-hybridized carbons (Fsp3) is 0.900. The van der Waals surface area contributed by atoms with Crippen molar-refractivity contribution < 1.29 is 13.6 Å². The molecule has 94 valence electrons. The molecular weight excluding hydrogens is 238 g/mol. The Morgan fingerprint density at radius 1 is 1.44 bits per heavy atom. The largest absolute Gasteiger partial charge is 0.337 e. The topological polar surface area (TPSA) is 32.3 Å². The Morgan fingerprint density at radius 2 is 2.06 bits per heavy atom. The van der Waals surface area contributed by atoms with Crippen LogP contribution >= 0.6 is 12.4 Å². The van der Waals surface area contributed by atoms with Crippen molar-refractivity contribution in [3.8, 4) is 0 Å². The minimum absolute atomic E-state index is 0. The lowest BCUT2D eigenvalue weighted by molar-refractivity contribution is -0.162. The van der Waals surface area contributed by atoms with Crippen LogP contribution in [0.4, 0.5) is 8.78 Å². The van der Waals surface area contributed by atoms with E-state index < -0.39 is 11.8 Å². The van der Waals surface area contributed by atoms with Crippen LogP contribution in [-0.2, 0) is 4.79 Å². The summed E-state index contributed by atoms with van der Waals surface area (Å²) in [6.07, 6.45) is -0.523. The summed E-state index contributed by atoms with van der Waals surface area (Å²) in [5.41, 5.74) is 0. The monoisotopic (exact) mass is 254 g/mol. The molecule has 2 rings (SSSR count). The summed E-state index contributed by atoms with van der Waals surface area (Å²) in [6, 6.07) is 0.125. The molecule has 1 aliphatic heterocycles. The highest BCUT2D eigenvalue weighted by Gasteiger charge is 2.50. The molecule has 0 aromatic heterocycles. The average Bonchev–Trinajstić information content (AvgIpc) is 2.14. The third kappa shape index (κ3) is 2.63. The van der Waals surface area contributed by atoms with Crippen molar-refractivity contribution in [1.29, 1.82) is 0 Å². The normalized spacial score (nSPS) is 29.2. The van der Waals surface area contributed by atoms with E-state index >= 15 is 0 Å². The van der Waals surface area contributed by atoms with E-state index in [2.05, 4.69) is 5.32 Å². The van der Waals surface area contributed by atoms with Gasteiger partial charge in [-0.25, -0.2) is 8.78 Å². The predicted octanol–water partition coefficient (Wildman–Crippen LogP) is 1.27. The number of amides is 1. The van der Waals surface area contributed by atoms with Crippen LogP contribution in [0.3, 0.4) is 0 Å². The van der Waals surface area contributed by atoms with E-state index in [0.29, 0.717) is 6.54 Å². The van der Waals surface area contributed by atoms with Crippen molar-refractivity contribution in [2.45, 2.75) is 31.7 Å². The molecular formula is C10H17ClF2N2O. The Balaban J connectivity index is 0.00000128. The first-order valence-electron chi connectivity index (χ1n) is 5.39. The Bertz CT molecular complexity index is 268. The molecule has 0 aromatic rings. The minimum atomic E-state index is -2.60. The van der Waals surface area contributed by atoms with Gasteiger partial charge >= 0.3 is 0 Å². The van der Waals surface area contributed by atoms with Gasteiger partial charge in [0.05, 0.1) is 0 Å². The minimum Gasteiger partial charge on any atom is -0.337 e. The van der Waals surface area contributed by atoms with Crippen LogP contribution in [0.15, 0.2) is 0 Å². The zero-order valence-electron chi connectivity index (χ0n) is 9.21. The number of nitrogens with one attached hydrogen (secondary N) is 1. The molecule has 6 heteroatoms. The number of carbonyl (C=O) groups is 1. The number of hydrogen-bond donors (Lipinski definition) is 1. The van der Waals surface area contributed by atoms with E-state index in [1.165, 1.54) is 0 Å². The molecule has 3 nitrogen and oxygen atoms in total. The molecule has 16 heavy (non-hydrogen) atoms. The van der Waals surface area contributed by atoms with Gasteiger partial charge in [0, 0.05) is 44.4 Å². The van der Waals surface area contributed by atoms with Crippen LogP contribution in [0, 0.1) is 5.92 Å². The zero-order valence-corrected chi connectivity index (χ0v) is 10.0. The Labute approximate surface area is 100.0 Å². The molecule has 1 N–H and O–H groups in total. The van der Waals surface area contributed by atoms with Gasteiger partial charge in [-0.3, -0.25) is 4.79 Å². The third-order valence-corrected chi connectivity index (χ3v) is 3.22. The van der Waals surface area contributed by atoms with Crippen molar-refractivity contribution in [3.05, 3.63) is 0 Å². The lowest BCUT2D eigenvalue weighted by Crippen LogP contribution is -2.56. The molecule has 0 bridgehead atoms. The van der Waals surface area contributed by atoms with Gasteiger partial charge in [0.2, 0.25) is 11.8 Å². The first-order chi connectivity index (χ1) is 6.99. The smallest absolute Gasteiger partial charge is 0.249 e. The SMILES string of the molecule is CC1CNCCN1C(=O)C1CC(F)(F)C1.Cl. The van der Waals surface area contributed by atoms with Gasteiger partial charge in [0.25, 0.3) is 0 Å². The van der Waals surface area contributed by atoms with Crippen molar-refractivity contribution >= 4 is 18.3 Å². The maximum absolute atomic E-state index is 12.6. The van der Waals surface area contributed by atoms with Crippen molar-refractivity contribution in [2.75, 3.05) is 19.6 Å². The van der Waals surface area contributed by atoms with Crippen LogP contribution < -0.4 is 5.32 Å². The van der Waals surface area contributed by atoms with Crippen LogP contribution in [0.5, 0.6) is 0 Å². The number of rotatable bonds is 1. The van der Waals surface area contributed by atoms with Crippen molar-refractivity contribution in [1.82, 2.24) is 10.2 Å². The van der Waals surface area contributed by atoms with Crippen LogP contribution in [0.25, 0.3) is 0 Å². The number of halogens is 3. The maximum Gasteiger partial charge on any atom is 0.249 e. The quantitative estimate of drug-likeness (QED) is 0.765. The van der Waals surface area contributed by atoms with Gasteiger partial charge in [-0.05, 0) is 6.92 Å². The van der Waals surface area contributed by atoms with Crippen LogP contribution in [0.2, 0.25) is 0 Å². The molecule has 1 atom stereocenters. The van der Waals surface area contributed by atoms with Crippen LogP contribution in [-0.4, -0.2) is 42.4 Å². The van der Waals surface area contributed by atoms with Gasteiger partial charge < -0.3 is 10.2 Å². The number of carbonyl (C=O) groups excluding carboxylic acids is 1. The Morgan fingerprint density at radius 3 is 2.56 bits per heavy atom. The summed E-state index contributed by atoms with van der Waals surface area (Å²) < 4.78 is 25.3. The van der Waals surface area contributed by atoms with E-state index in [9.17, 15) is 13.6 Å². The van der Waals surface area contributed by atoms with Gasteiger partial charge in [-0.2, -0.15) is 0 Å². The molecule has 1 amide bonds. The van der Waals surface area contributed by atoms with Crippen LogP contribution in [0.1, 0.15) is 19.8 Å². The summed E-state index contributed by atoms with van der Waals surface area (Å²) in [4.78, 5) is 13.6. The molecule has 2 fully saturated rings. The molecule has 1 aliphatic carbocycles. The lowest BCUT2D eigenvalue weighted by atomic mass is 9.80. The highest BCUT2D eigenvalue weighted by molar-refractivity contribution is 5.85. The highest BCUT2D eigenvalue weighted by Crippen LogP contribution is 2.43. The summed E-state index contributed by atoms with van der Waals surface area (Å²) in [5, 5.41) is 3.17. The number of alkyl halides is 2.